The largest absolute Gasteiger partial charge is 0.461 e. The van der Waals surface area contributed by atoms with E-state index in [1.807, 2.05) is 42.5 Å². The molecule has 3 aromatic carbocycles. The number of benzene rings is 3. The maximum absolute atomic E-state index is 14.5. The van der Waals surface area contributed by atoms with E-state index in [1.165, 1.54) is 6.07 Å². The average molecular weight is 444 g/mol. The predicted octanol–water partition coefficient (Wildman–Crippen LogP) is 4.13. The van der Waals surface area contributed by atoms with Crippen molar-refractivity contribution in [1.82, 2.24) is 0 Å². The molecule has 0 aliphatic carbocycles. The quantitative estimate of drug-likeness (QED) is 0.516. The van der Waals surface area contributed by atoms with Crippen LogP contribution < -0.4 is 4.74 Å². The number of aliphatic hydroxyl groups is 3. The minimum Gasteiger partial charge on any atom is -0.461 e. The van der Waals surface area contributed by atoms with E-state index in [0.717, 1.165) is 29.5 Å². The van der Waals surface area contributed by atoms with Crippen molar-refractivity contribution in [3.8, 4) is 5.75 Å². The molecule has 1 saturated heterocycles. The van der Waals surface area contributed by atoms with Crippen LogP contribution in [0.1, 0.15) is 24.0 Å². The van der Waals surface area contributed by atoms with Crippen LogP contribution in [-0.4, -0.2) is 47.5 Å². The summed E-state index contributed by atoms with van der Waals surface area (Å²) in [6.07, 6.45) is 1.45. The highest BCUT2D eigenvalue weighted by molar-refractivity contribution is 5.86. The monoisotopic (exact) mass is 444 g/mol. The highest BCUT2D eigenvalue weighted by Gasteiger charge is 2.30. The minimum atomic E-state index is -0.946. The molecule has 170 valence electrons. The zero-order valence-electron chi connectivity index (χ0n) is 17.6. The molecule has 0 radical (unpaired) electrons. The Morgan fingerprint density at radius 1 is 1.00 bits per heavy atom. The molecule has 1 fully saturated rings. The van der Waals surface area contributed by atoms with E-state index < -0.39 is 30.1 Å². The second-order valence-electron chi connectivity index (χ2n) is 7.36. The molecule has 0 aromatic heterocycles. The Kier molecular flexibility index (Phi) is 8.30. The third kappa shape index (κ3) is 5.89. The Hall–Kier alpha value is -2.84. The Labute approximate surface area is 185 Å². The first-order valence-corrected chi connectivity index (χ1v) is 10.2. The molecule has 3 unspecified atom stereocenters. The number of aliphatic hydroxyl groups excluding tert-OH is 3. The van der Waals surface area contributed by atoms with E-state index >= 15 is 0 Å². The van der Waals surface area contributed by atoms with E-state index in [4.69, 9.17) is 14.6 Å². The maximum Gasteiger partial charge on any atom is 0.202 e. The van der Waals surface area contributed by atoms with Crippen molar-refractivity contribution in [2.24, 2.45) is 0 Å². The Bertz CT molecular complexity index is 1070. The van der Waals surface area contributed by atoms with Gasteiger partial charge in [0.2, 0.25) is 6.29 Å². The van der Waals surface area contributed by atoms with Gasteiger partial charge in [0, 0.05) is 31.6 Å². The molecule has 3 aromatic rings. The fourth-order valence-corrected chi connectivity index (χ4v) is 3.60. The minimum absolute atomic E-state index is 0.126. The molecule has 4 rings (SSSR count). The number of fused-ring (bicyclic) bond motifs is 1. The van der Waals surface area contributed by atoms with Crippen molar-refractivity contribution >= 4 is 22.9 Å². The number of ether oxygens (including phenoxy) is 2. The van der Waals surface area contributed by atoms with Crippen LogP contribution in [0.15, 0.2) is 54.6 Å². The molecule has 1 heterocycles. The van der Waals surface area contributed by atoms with Crippen molar-refractivity contribution in [2.75, 3.05) is 13.7 Å². The maximum atomic E-state index is 14.5. The normalized spacial score (nSPS) is 20.8. The Morgan fingerprint density at radius 2 is 1.75 bits per heavy atom. The van der Waals surface area contributed by atoms with Gasteiger partial charge in [0.25, 0.3) is 0 Å². The first-order chi connectivity index (χ1) is 15.5. The number of halogens is 2. The summed E-state index contributed by atoms with van der Waals surface area (Å²) < 4.78 is 39.6. The summed E-state index contributed by atoms with van der Waals surface area (Å²) in [7, 11) is 1.00. The second kappa shape index (κ2) is 11.2. The van der Waals surface area contributed by atoms with Gasteiger partial charge in [-0.2, -0.15) is 0 Å². The zero-order chi connectivity index (χ0) is 23.1. The fraction of sp³-hybridized carbons (Fsp3) is 0.280. The average Bonchev–Trinajstić information content (AvgIpc) is 2.80. The van der Waals surface area contributed by atoms with Crippen LogP contribution >= 0.6 is 0 Å². The van der Waals surface area contributed by atoms with Gasteiger partial charge >= 0.3 is 0 Å². The van der Waals surface area contributed by atoms with Crippen LogP contribution in [0.2, 0.25) is 0 Å². The molecule has 7 heteroatoms. The summed E-state index contributed by atoms with van der Waals surface area (Å²) in [6, 6.07) is 15.7. The first-order valence-electron chi connectivity index (χ1n) is 10.2. The summed E-state index contributed by atoms with van der Waals surface area (Å²) >= 11 is 0. The molecule has 3 atom stereocenters. The molecule has 3 N–H and O–H groups in total. The van der Waals surface area contributed by atoms with Crippen LogP contribution in [0.5, 0.6) is 5.75 Å². The molecule has 1 aliphatic rings. The van der Waals surface area contributed by atoms with Crippen LogP contribution in [0.3, 0.4) is 0 Å². The molecule has 5 nitrogen and oxygen atoms in total. The molecule has 0 bridgehead atoms. The van der Waals surface area contributed by atoms with Gasteiger partial charge in [-0.05, 0) is 28.5 Å². The Balaban J connectivity index is 0.00000141. The molecule has 32 heavy (non-hydrogen) atoms. The fourth-order valence-electron chi connectivity index (χ4n) is 3.60. The summed E-state index contributed by atoms with van der Waals surface area (Å²) in [5, 5.41) is 28.4. The molecule has 0 amide bonds. The first kappa shape index (κ1) is 23.8. The molecule has 1 aliphatic heterocycles. The molecule has 0 spiro atoms. The van der Waals surface area contributed by atoms with Gasteiger partial charge in [0.15, 0.2) is 11.6 Å². The SMILES string of the molecule is CO.OCC1CC(O)CC(Oc2c(F)cc(F)cc2/C=C/c2ccc3ccccc3c2)O1. The number of hydrogen-bond donors (Lipinski definition) is 3. The zero-order valence-corrected chi connectivity index (χ0v) is 17.6. The smallest absolute Gasteiger partial charge is 0.202 e. The van der Waals surface area contributed by atoms with Crippen LogP contribution in [0.25, 0.3) is 22.9 Å². The van der Waals surface area contributed by atoms with E-state index in [9.17, 15) is 19.0 Å². The van der Waals surface area contributed by atoms with Crippen LogP contribution in [0.4, 0.5) is 8.78 Å². The Morgan fingerprint density at radius 3 is 2.50 bits per heavy atom. The molecular weight excluding hydrogens is 418 g/mol. The lowest BCUT2D eigenvalue weighted by Gasteiger charge is -2.32. The summed E-state index contributed by atoms with van der Waals surface area (Å²) in [6.45, 7) is -0.280. The van der Waals surface area contributed by atoms with Crippen molar-refractivity contribution in [3.05, 3.63) is 77.4 Å². The third-order valence-electron chi connectivity index (χ3n) is 5.06. The summed E-state index contributed by atoms with van der Waals surface area (Å²) in [5.74, 6) is -1.75. The lowest BCUT2D eigenvalue weighted by molar-refractivity contribution is -0.185. The van der Waals surface area contributed by atoms with Crippen LogP contribution in [-0.2, 0) is 4.74 Å². The van der Waals surface area contributed by atoms with E-state index in [2.05, 4.69) is 0 Å². The number of rotatable bonds is 5. The van der Waals surface area contributed by atoms with Gasteiger partial charge in [-0.25, -0.2) is 8.78 Å². The molecule has 0 saturated carbocycles. The van der Waals surface area contributed by atoms with Gasteiger partial charge in [-0.1, -0.05) is 48.6 Å². The van der Waals surface area contributed by atoms with E-state index in [0.29, 0.717) is 0 Å². The van der Waals surface area contributed by atoms with Gasteiger partial charge < -0.3 is 24.8 Å². The van der Waals surface area contributed by atoms with Crippen molar-refractivity contribution in [1.29, 1.82) is 0 Å². The third-order valence-corrected chi connectivity index (χ3v) is 5.06. The second-order valence-corrected chi connectivity index (χ2v) is 7.36. The van der Waals surface area contributed by atoms with Gasteiger partial charge in [-0.3, -0.25) is 0 Å². The van der Waals surface area contributed by atoms with E-state index in [-0.39, 0.29) is 30.8 Å². The topological polar surface area (TPSA) is 79.2 Å². The standard InChI is InChI=1S/C24H22F2O4.CH4O/c25-19-10-18(8-6-15-5-7-16-3-1-2-4-17(16)9-15)24(22(26)11-19)30-23-13-20(28)12-21(14-27)29-23;1-2/h1-11,20-21,23,27-28H,12-14H2;2H,1H3/b8-6+;. The summed E-state index contributed by atoms with van der Waals surface area (Å²) in [4.78, 5) is 0. The van der Waals surface area contributed by atoms with E-state index in [1.54, 1.807) is 12.2 Å². The molecular formula is C25H26F2O5. The van der Waals surface area contributed by atoms with Crippen molar-refractivity contribution in [3.63, 3.8) is 0 Å². The predicted molar refractivity (Wildman–Crippen MR) is 119 cm³/mol. The van der Waals surface area contributed by atoms with Gasteiger partial charge in [0.1, 0.15) is 5.82 Å². The lowest BCUT2D eigenvalue weighted by atomic mass is 10.0. The van der Waals surface area contributed by atoms with Crippen molar-refractivity contribution in [2.45, 2.75) is 31.3 Å². The number of hydrogen-bond acceptors (Lipinski definition) is 5. The highest BCUT2D eigenvalue weighted by atomic mass is 19.1. The lowest BCUT2D eigenvalue weighted by Crippen LogP contribution is -2.40. The van der Waals surface area contributed by atoms with Crippen molar-refractivity contribution < 1.29 is 33.6 Å². The van der Waals surface area contributed by atoms with Gasteiger partial charge in [0.05, 0.1) is 18.8 Å². The highest BCUT2D eigenvalue weighted by Crippen LogP contribution is 2.30. The van der Waals surface area contributed by atoms with Crippen LogP contribution in [0, 0.1) is 11.6 Å². The van der Waals surface area contributed by atoms with Gasteiger partial charge in [-0.15, -0.1) is 0 Å². The summed E-state index contributed by atoms with van der Waals surface area (Å²) in [5.41, 5.74) is 1.08.